The molecule has 0 unspecified atom stereocenters. The lowest BCUT2D eigenvalue weighted by atomic mass is 10.1. The van der Waals surface area contributed by atoms with Gasteiger partial charge in [0, 0.05) is 27.9 Å². The normalized spacial score (nSPS) is 11.3. The summed E-state index contributed by atoms with van der Waals surface area (Å²) in [5, 5.41) is 0. The van der Waals surface area contributed by atoms with E-state index >= 15 is 0 Å². The Balaban J connectivity index is 3.21. The van der Waals surface area contributed by atoms with E-state index < -0.39 is 8.07 Å². The minimum Gasteiger partial charge on any atom is -0.372 e. The van der Waals surface area contributed by atoms with Crippen LogP contribution < -0.4 is 4.90 Å². The molecule has 0 saturated carbocycles. The summed E-state index contributed by atoms with van der Waals surface area (Å²) in [5.41, 5.74) is 8.04. The van der Waals surface area contributed by atoms with Crippen molar-refractivity contribution >= 4 is 36.4 Å². The fraction of sp³-hybridized carbons (Fsp3) is 0.630. The van der Waals surface area contributed by atoms with Crippen molar-refractivity contribution < 1.29 is 0 Å². The van der Waals surface area contributed by atoms with E-state index in [-0.39, 0.29) is 0 Å². The average Bonchev–Trinajstić information content (AvgIpc) is 2.68. The highest BCUT2D eigenvalue weighted by Crippen LogP contribution is 2.40. The van der Waals surface area contributed by atoms with Crippen molar-refractivity contribution in [3.05, 3.63) is 27.3 Å². The van der Waals surface area contributed by atoms with Crippen LogP contribution in [0.3, 0.4) is 0 Å². The van der Waals surface area contributed by atoms with Gasteiger partial charge in [0.25, 0.3) is 0 Å². The fourth-order valence-corrected chi connectivity index (χ4v) is 10.2. The number of unbranched alkanes of at least 4 members (excludes halogenated alkanes) is 2. The molecule has 30 heavy (non-hydrogen) atoms. The second kappa shape index (κ2) is 13.5. The zero-order valence-corrected chi connectivity index (χ0v) is 23.7. The van der Waals surface area contributed by atoms with Gasteiger partial charge >= 0.3 is 0 Å². The highest BCUT2D eigenvalue weighted by molar-refractivity contribution is 14.1. The van der Waals surface area contributed by atoms with Gasteiger partial charge in [-0.1, -0.05) is 74.2 Å². The standard InChI is InChI=1S/C27H42INSi/c1-9-11-18-29(19-12-10-2)26-16-17-27(28)25(21-26)15-13-14-20-30(22(3)4,23(5)6)24(7)8/h16-17,21-24H,9-12,18-19H2,1-8H3. The fourth-order valence-electron chi connectivity index (χ4n) is 4.54. The zero-order valence-electron chi connectivity index (χ0n) is 20.5. The zero-order chi connectivity index (χ0) is 22.7. The molecular formula is C27H42INSi. The van der Waals surface area contributed by atoms with Gasteiger partial charge in [-0.25, -0.2) is 0 Å². The highest BCUT2D eigenvalue weighted by Gasteiger charge is 2.41. The monoisotopic (exact) mass is 535 g/mol. The topological polar surface area (TPSA) is 3.24 Å². The number of benzene rings is 1. The lowest BCUT2D eigenvalue weighted by molar-refractivity contribution is 0.678. The van der Waals surface area contributed by atoms with E-state index in [9.17, 15) is 0 Å². The summed E-state index contributed by atoms with van der Waals surface area (Å²) in [4.78, 5) is 2.52. The first-order valence-corrected chi connectivity index (χ1v) is 15.1. The Labute approximate surface area is 201 Å². The summed E-state index contributed by atoms with van der Waals surface area (Å²) in [7, 11) is -1.71. The summed E-state index contributed by atoms with van der Waals surface area (Å²) in [6.07, 6.45) is 4.91. The van der Waals surface area contributed by atoms with Gasteiger partial charge in [0.05, 0.1) is 0 Å². The quantitative estimate of drug-likeness (QED) is 0.166. The Bertz CT molecular complexity index is 744. The second-order valence-corrected chi connectivity index (χ2v) is 16.0. The molecule has 0 amide bonds. The largest absolute Gasteiger partial charge is 0.372 e. The third-order valence-electron chi connectivity index (χ3n) is 6.28. The van der Waals surface area contributed by atoms with Crippen LogP contribution >= 0.6 is 22.6 Å². The first-order valence-electron chi connectivity index (χ1n) is 11.8. The molecule has 0 spiro atoms. The first kappa shape index (κ1) is 27.1. The number of hydrogen-bond acceptors (Lipinski definition) is 1. The third-order valence-corrected chi connectivity index (χ3v) is 13.5. The molecule has 0 radical (unpaired) electrons. The van der Waals surface area contributed by atoms with Crippen molar-refractivity contribution in [3.63, 3.8) is 0 Å². The lowest BCUT2D eigenvalue weighted by Gasteiger charge is -2.37. The molecule has 0 bridgehead atoms. The van der Waals surface area contributed by atoms with Crippen LogP contribution in [-0.2, 0) is 0 Å². The van der Waals surface area contributed by atoms with Gasteiger partial charge in [0.2, 0.25) is 0 Å². The van der Waals surface area contributed by atoms with Gasteiger partial charge in [-0.3, -0.25) is 0 Å². The Morgan fingerprint density at radius 1 is 0.867 bits per heavy atom. The van der Waals surface area contributed by atoms with E-state index in [1.54, 1.807) is 0 Å². The summed E-state index contributed by atoms with van der Waals surface area (Å²) >= 11 is 2.40. The summed E-state index contributed by atoms with van der Waals surface area (Å²) in [5.74, 6) is 9.89. The van der Waals surface area contributed by atoms with Crippen molar-refractivity contribution in [1.82, 2.24) is 0 Å². The van der Waals surface area contributed by atoms with E-state index in [0.29, 0.717) is 16.6 Å². The van der Waals surface area contributed by atoms with Crippen LogP contribution in [0.1, 0.15) is 86.6 Å². The van der Waals surface area contributed by atoms with Gasteiger partial charge in [0.1, 0.15) is 8.07 Å². The molecule has 0 aliphatic carbocycles. The Kier molecular flexibility index (Phi) is 12.2. The average molecular weight is 536 g/mol. The number of nitrogens with zero attached hydrogens (tertiary/aromatic N) is 1. The molecule has 0 aliphatic rings. The smallest absolute Gasteiger partial charge is 0.147 e. The minimum atomic E-state index is -1.71. The molecular weight excluding hydrogens is 493 g/mol. The van der Waals surface area contributed by atoms with Crippen molar-refractivity contribution in [2.24, 2.45) is 0 Å². The van der Waals surface area contributed by atoms with Gasteiger partial charge in [0.15, 0.2) is 0 Å². The molecule has 0 N–H and O–H groups in total. The SMILES string of the molecule is CCCCN(CCCC)c1ccc(I)c(C#CC#C[Si](C(C)C)(C(C)C)C(C)C)c1. The van der Waals surface area contributed by atoms with Crippen LogP contribution in [0.15, 0.2) is 18.2 Å². The van der Waals surface area contributed by atoms with E-state index in [2.05, 4.69) is 124 Å². The van der Waals surface area contributed by atoms with Crippen LogP contribution in [0.2, 0.25) is 16.6 Å². The molecule has 1 aromatic carbocycles. The van der Waals surface area contributed by atoms with E-state index in [4.69, 9.17) is 0 Å². The minimum absolute atomic E-state index is 0.640. The molecule has 0 aliphatic heterocycles. The Hall–Kier alpha value is -0.913. The molecule has 1 nitrogen and oxygen atoms in total. The number of halogens is 1. The van der Waals surface area contributed by atoms with Crippen molar-refractivity contribution in [2.45, 2.75) is 97.7 Å². The Morgan fingerprint density at radius 3 is 1.87 bits per heavy atom. The van der Waals surface area contributed by atoms with Crippen LogP contribution in [0.5, 0.6) is 0 Å². The van der Waals surface area contributed by atoms with Crippen LogP contribution in [0, 0.1) is 26.9 Å². The number of rotatable bonds is 10. The predicted octanol–water partition coefficient (Wildman–Crippen LogP) is 8.27. The third kappa shape index (κ3) is 7.35. The molecule has 1 aromatic rings. The molecule has 3 heteroatoms. The highest BCUT2D eigenvalue weighted by atomic mass is 127. The van der Waals surface area contributed by atoms with Crippen molar-refractivity contribution in [1.29, 1.82) is 0 Å². The maximum absolute atomic E-state index is 3.72. The van der Waals surface area contributed by atoms with E-state index in [0.717, 1.165) is 18.7 Å². The van der Waals surface area contributed by atoms with Gasteiger partial charge < -0.3 is 4.90 Å². The number of hydrogen-bond donors (Lipinski definition) is 0. The maximum atomic E-state index is 3.72. The molecule has 0 aromatic heterocycles. The second-order valence-electron chi connectivity index (χ2n) is 9.26. The van der Waals surface area contributed by atoms with E-state index in [1.165, 1.54) is 34.9 Å². The first-order chi connectivity index (χ1) is 14.2. The Morgan fingerprint density at radius 2 is 1.40 bits per heavy atom. The summed E-state index contributed by atoms with van der Waals surface area (Å²) < 4.78 is 1.21. The van der Waals surface area contributed by atoms with Crippen LogP contribution in [-0.4, -0.2) is 21.2 Å². The maximum Gasteiger partial charge on any atom is 0.147 e. The van der Waals surface area contributed by atoms with Gasteiger partial charge in [-0.15, -0.1) is 5.54 Å². The van der Waals surface area contributed by atoms with Gasteiger partial charge in [-0.05, 0) is 82.1 Å². The molecule has 0 atom stereocenters. The van der Waals surface area contributed by atoms with Crippen molar-refractivity contribution in [2.75, 3.05) is 18.0 Å². The van der Waals surface area contributed by atoms with Crippen LogP contribution in [0.25, 0.3) is 0 Å². The van der Waals surface area contributed by atoms with Crippen LogP contribution in [0.4, 0.5) is 5.69 Å². The predicted molar refractivity (Wildman–Crippen MR) is 147 cm³/mol. The van der Waals surface area contributed by atoms with E-state index in [1.807, 2.05) is 0 Å². The van der Waals surface area contributed by atoms with Gasteiger partial charge in [-0.2, -0.15) is 0 Å². The summed E-state index contributed by atoms with van der Waals surface area (Å²) in [6, 6.07) is 6.71. The summed E-state index contributed by atoms with van der Waals surface area (Å²) in [6.45, 7) is 20.9. The number of anilines is 1. The lowest BCUT2D eigenvalue weighted by Crippen LogP contribution is -2.43. The molecule has 0 heterocycles. The molecule has 1 rings (SSSR count). The molecule has 166 valence electrons. The van der Waals surface area contributed by atoms with Crippen molar-refractivity contribution in [3.8, 4) is 23.3 Å². The molecule has 0 saturated heterocycles. The molecule has 0 fully saturated rings.